The van der Waals surface area contributed by atoms with Gasteiger partial charge in [0.15, 0.2) is 0 Å². The van der Waals surface area contributed by atoms with Crippen molar-refractivity contribution >= 4 is 0 Å². The minimum Gasteiger partial charge on any atom is -0.508 e. The molecule has 0 amide bonds. The molecule has 2 rings (SSSR count). The van der Waals surface area contributed by atoms with E-state index in [9.17, 15) is 15.3 Å². The van der Waals surface area contributed by atoms with Crippen LogP contribution in [0.15, 0.2) is 48.5 Å². The van der Waals surface area contributed by atoms with E-state index in [1.165, 1.54) is 11.1 Å². The number of aliphatic hydroxyl groups is 2. The molecule has 5 heteroatoms. The van der Waals surface area contributed by atoms with Gasteiger partial charge in [0, 0.05) is 38.3 Å². The minimum absolute atomic E-state index is 0.0777. The van der Waals surface area contributed by atoms with Crippen LogP contribution in [0.4, 0.5) is 0 Å². The van der Waals surface area contributed by atoms with E-state index in [0.29, 0.717) is 19.6 Å². The first-order valence-electron chi connectivity index (χ1n) is 8.62. The van der Waals surface area contributed by atoms with E-state index >= 15 is 0 Å². The van der Waals surface area contributed by atoms with Crippen LogP contribution < -0.4 is 0 Å². The zero-order valence-electron chi connectivity index (χ0n) is 14.8. The average molecular weight is 344 g/mol. The Morgan fingerprint density at radius 3 is 2.00 bits per heavy atom. The number of rotatable bonds is 10. The number of phenolic OH excluding ortho intramolecular Hbond substituents is 1. The van der Waals surface area contributed by atoms with E-state index in [0.717, 1.165) is 18.7 Å². The van der Waals surface area contributed by atoms with Gasteiger partial charge in [0.25, 0.3) is 0 Å². The fourth-order valence-corrected chi connectivity index (χ4v) is 2.81. The maximum Gasteiger partial charge on any atom is 0.120 e. The quantitative estimate of drug-likeness (QED) is 0.575. The van der Waals surface area contributed by atoms with Gasteiger partial charge in [-0.3, -0.25) is 9.80 Å². The second-order valence-corrected chi connectivity index (χ2v) is 6.25. The lowest BCUT2D eigenvalue weighted by atomic mass is 10.1. The van der Waals surface area contributed by atoms with Crippen LogP contribution in [0.5, 0.6) is 5.75 Å². The fraction of sp³-hybridized carbons (Fsp3) is 0.400. The van der Waals surface area contributed by atoms with E-state index in [1.807, 2.05) is 29.2 Å². The zero-order chi connectivity index (χ0) is 18.1. The number of hydrogen-bond donors (Lipinski definition) is 3. The predicted octanol–water partition coefficient (Wildman–Crippen LogP) is 1.95. The topological polar surface area (TPSA) is 67.2 Å². The standard InChI is InChI=1S/C20H28N2O3/c1-17-6-2-3-7-18(17)14-21(12-13-23)10-11-22(16-24)15-19-8-4-5-9-20(19)25/h2-9,23-25H,10-16H2,1H3. The van der Waals surface area contributed by atoms with Gasteiger partial charge in [0.2, 0.25) is 0 Å². The van der Waals surface area contributed by atoms with Gasteiger partial charge in [-0.25, -0.2) is 0 Å². The first-order valence-corrected chi connectivity index (χ1v) is 8.62. The molecule has 0 unspecified atom stereocenters. The highest BCUT2D eigenvalue weighted by Gasteiger charge is 2.12. The summed E-state index contributed by atoms with van der Waals surface area (Å²) < 4.78 is 0. The van der Waals surface area contributed by atoms with Crippen molar-refractivity contribution in [2.75, 3.05) is 33.0 Å². The Kier molecular flexibility index (Phi) is 7.88. The summed E-state index contributed by atoms with van der Waals surface area (Å²) in [7, 11) is 0. The largest absolute Gasteiger partial charge is 0.508 e. The summed E-state index contributed by atoms with van der Waals surface area (Å²) in [6.07, 6.45) is 0. The molecular formula is C20H28N2O3. The molecule has 0 spiro atoms. The maximum absolute atomic E-state index is 9.89. The van der Waals surface area contributed by atoms with Gasteiger partial charge < -0.3 is 15.3 Å². The van der Waals surface area contributed by atoms with E-state index in [2.05, 4.69) is 24.0 Å². The molecule has 2 aromatic carbocycles. The second kappa shape index (κ2) is 10.2. The van der Waals surface area contributed by atoms with Crippen LogP contribution in [0, 0.1) is 6.92 Å². The van der Waals surface area contributed by atoms with Gasteiger partial charge in [-0.05, 0) is 24.1 Å². The first kappa shape index (κ1) is 19.4. The molecular weight excluding hydrogens is 316 g/mol. The summed E-state index contributed by atoms with van der Waals surface area (Å²) in [6, 6.07) is 15.4. The lowest BCUT2D eigenvalue weighted by Crippen LogP contribution is -2.36. The van der Waals surface area contributed by atoms with Crippen molar-refractivity contribution in [3.05, 3.63) is 65.2 Å². The monoisotopic (exact) mass is 344 g/mol. The average Bonchev–Trinajstić information content (AvgIpc) is 2.62. The summed E-state index contributed by atoms with van der Waals surface area (Å²) in [5, 5.41) is 28.9. The number of benzene rings is 2. The molecule has 0 aliphatic carbocycles. The Morgan fingerprint density at radius 1 is 0.760 bits per heavy atom. The van der Waals surface area contributed by atoms with Crippen LogP contribution in [0.2, 0.25) is 0 Å². The van der Waals surface area contributed by atoms with Gasteiger partial charge in [-0.2, -0.15) is 0 Å². The SMILES string of the molecule is Cc1ccccc1CN(CCO)CCN(CO)Cc1ccccc1O. The molecule has 0 aliphatic heterocycles. The van der Waals surface area contributed by atoms with Crippen LogP contribution in [-0.2, 0) is 13.1 Å². The second-order valence-electron chi connectivity index (χ2n) is 6.25. The lowest BCUT2D eigenvalue weighted by molar-refractivity contribution is 0.0821. The van der Waals surface area contributed by atoms with E-state index in [4.69, 9.17) is 0 Å². The van der Waals surface area contributed by atoms with E-state index < -0.39 is 0 Å². The van der Waals surface area contributed by atoms with Crippen molar-refractivity contribution in [2.45, 2.75) is 20.0 Å². The highest BCUT2D eigenvalue weighted by molar-refractivity contribution is 5.31. The summed E-state index contributed by atoms with van der Waals surface area (Å²) in [5.74, 6) is 0.244. The molecule has 3 N–H and O–H groups in total. The molecule has 0 aliphatic rings. The Hall–Kier alpha value is -1.92. The molecule has 0 bridgehead atoms. The molecule has 0 radical (unpaired) electrons. The van der Waals surface area contributed by atoms with Gasteiger partial charge >= 0.3 is 0 Å². The minimum atomic E-state index is -0.0777. The molecule has 25 heavy (non-hydrogen) atoms. The number of hydrogen-bond acceptors (Lipinski definition) is 5. The highest BCUT2D eigenvalue weighted by atomic mass is 16.3. The normalized spacial score (nSPS) is 11.4. The highest BCUT2D eigenvalue weighted by Crippen LogP contribution is 2.17. The zero-order valence-corrected chi connectivity index (χ0v) is 14.8. The molecule has 5 nitrogen and oxygen atoms in total. The summed E-state index contributed by atoms with van der Waals surface area (Å²) in [5.41, 5.74) is 3.27. The molecule has 0 heterocycles. The summed E-state index contributed by atoms with van der Waals surface area (Å²) in [4.78, 5) is 4.05. The lowest BCUT2D eigenvalue weighted by Gasteiger charge is -2.26. The Morgan fingerprint density at radius 2 is 1.36 bits per heavy atom. The number of aromatic hydroxyl groups is 1. The third kappa shape index (κ3) is 6.14. The van der Waals surface area contributed by atoms with Crippen molar-refractivity contribution in [1.29, 1.82) is 0 Å². The number of nitrogens with zero attached hydrogens (tertiary/aromatic N) is 2. The van der Waals surface area contributed by atoms with Gasteiger partial charge in [0.05, 0.1) is 13.3 Å². The fourth-order valence-electron chi connectivity index (χ4n) is 2.81. The van der Waals surface area contributed by atoms with Crippen molar-refractivity contribution < 1.29 is 15.3 Å². The van der Waals surface area contributed by atoms with Crippen molar-refractivity contribution in [3.8, 4) is 5.75 Å². The van der Waals surface area contributed by atoms with Gasteiger partial charge in [-0.1, -0.05) is 42.5 Å². The van der Waals surface area contributed by atoms with E-state index in [-0.39, 0.29) is 19.1 Å². The summed E-state index contributed by atoms with van der Waals surface area (Å²) in [6.45, 7) is 5.33. The number of phenols is 1. The molecule has 0 saturated heterocycles. The first-order chi connectivity index (χ1) is 12.1. The number of aliphatic hydroxyl groups excluding tert-OH is 2. The third-order valence-electron chi connectivity index (χ3n) is 4.39. The number of aryl methyl sites for hydroxylation is 1. The summed E-state index contributed by atoms with van der Waals surface area (Å²) >= 11 is 0. The molecule has 0 atom stereocenters. The smallest absolute Gasteiger partial charge is 0.120 e. The van der Waals surface area contributed by atoms with Crippen LogP contribution in [0.1, 0.15) is 16.7 Å². The maximum atomic E-state index is 9.89. The van der Waals surface area contributed by atoms with Crippen LogP contribution in [0.3, 0.4) is 0 Å². The Labute approximate surface area is 149 Å². The van der Waals surface area contributed by atoms with Gasteiger partial charge in [-0.15, -0.1) is 0 Å². The molecule has 0 saturated carbocycles. The predicted molar refractivity (Wildman–Crippen MR) is 99.1 cm³/mol. The Balaban J connectivity index is 1.94. The molecule has 0 fully saturated rings. The Bertz CT molecular complexity index is 648. The van der Waals surface area contributed by atoms with Crippen molar-refractivity contribution in [3.63, 3.8) is 0 Å². The molecule has 0 aromatic heterocycles. The van der Waals surface area contributed by atoms with Crippen molar-refractivity contribution in [1.82, 2.24) is 9.80 Å². The van der Waals surface area contributed by atoms with E-state index in [1.54, 1.807) is 12.1 Å². The molecule has 136 valence electrons. The third-order valence-corrected chi connectivity index (χ3v) is 4.39. The number of para-hydroxylation sites is 1. The van der Waals surface area contributed by atoms with Crippen LogP contribution >= 0.6 is 0 Å². The molecule has 2 aromatic rings. The van der Waals surface area contributed by atoms with Gasteiger partial charge in [0.1, 0.15) is 5.75 Å². The van der Waals surface area contributed by atoms with Crippen molar-refractivity contribution in [2.24, 2.45) is 0 Å². The van der Waals surface area contributed by atoms with Crippen LogP contribution in [-0.4, -0.2) is 58.1 Å². The van der Waals surface area contributed by atoms with Crippen LogP contribution in [0.25, 0.3) is 0 Å².